The summed E-state index contributed by atoms with van der Waals surface area (Å²) < 4.78 is 0.811. The molecule has 0 saturated heterocycles. The van der Waals surface area contributed by atoms with E-state index in [9.17, 15) is 4.79 Å². The number of rotatable bonds is 5. The molecule has 0 aliphatic rings. The highest BCUT2D eigenvalue weighted by molar-refractivity contribution is 9.10. The summed E-state index contributed by atoms with van der Waals surface area (Å²) in [5.74, 6) is -0.914. The molecule has 4 heteroatoms. The normalized spacial score (nSPS) is 12.1. The van der Waals surface area contributed by atoms with Crippen LogP contribution in [0.1, 0.15) is 40.0 Å². The van der Waals surface area contributed by atoms with Gasteiger partial charge >= 0.3 is 5.97 Å². The molecule has 110 valence electrons. The topological polar surface area (TPSA) is 49.3 Å². The van der Waals surface area contributed by atoms with Crippen LogP contribution in [-0.4, -0.2) is 11.1 Å². The highest BCUT2D eigenvalue weighted by Gasteiger charge is 2.09. The largest absolute Gasteiger partial charge is 0.478 e. The number of benzene rings is 2. The van der Waals surface area contributed by atoms with Crippen molar-refractivity contribution in [1.29, 1.82) is 0 Å². The van der Waals surface area contributed by atoms with E-state index in [-0.39, 0.29) is 11.6 Å². The van der Waals surface area contributed by atoms with Gasteiger partial charge in [0.2, 0.25) is 0 Å². The van der Waals surface area contributed by atoms with E-state index in [0.717, 1.165) is 10.0 Å². The third-order valence-corrected chi connectivity index (χ3v) is 4.21. The number of carboxylic acids is 1. The Morgan fingerprint density at radius 1 is 1.24 bits per heavy atom. The minimum Gasteiger partial charge on any atom is -0.478 e. The quantitative estimate of drug-likeness (QED) is 0.847. The third-order valence-electron chi connectivity index (χ3n) is 3.48. The molecule has 0 aliphatic heterocycles. The van der Waals surface area contributed by atoms with Gasteiger partial charge in [-0.05, 0) is 37.1 Å². The molecule has 0 aromatic heterocycles. The van der Waals surface area contributed by atoms with Crippen molar-refractivity contribution in [2.24, 2.45) is 0 Å². The third kappa shape index (κ3) is 4.16. The summed E-state index contributed by atoms with van der Waals surface area (Å²) in [4.78, 5) is 10.9. The standard InChI is InChI=1S/C17H18BrNO2/c1-11-3-5-13(6-4-11)12(2)19-10-15-8-7-14(17(20)21)9-16(15)18/h3-9,12,19H,10H2,1-2H3,(H,20,21)/t12-/m0/s1. The average Bonchev–Trinajstić information content (AvgIpc) is 2.46. The number of aromatic carboxylic acids is 1. The first kappa shape index (κ1) is 15.7. The van der Waals surface area contributed by atoms with Crippen LogP contribution in [0, 0.1) is 6.92 Å². The molecule has 0 unspecified atom stereocenters. The van der Waals surface area contributed by atoms with Gasteiger partial charge < -0.3 is 10.4 Å². The maximum atomic E-state index is 10.9. The summed E-state index contributed by atoms with van der Waals surface area (Å²) in [5.41, 5.74) is 3.81. The van der Waals surface area contributed by atoms with Gasteiger partial charge in [0, 0.05) is 17.1 Å². The fraction of sp³-hybridized carbons (Fsp3) is 0.235. The fourth-order valence-electron chi connectivity index (χ4n) is 2.06. The Morgan fingerprint density at radius 2 is 1.90 bits per heavy atom. The summed E-state index contributed by atoms with van der Waals surface area (Å²) in [7, 11) is 0. The molecule has 0 saturated carbocycles. The number of carboxylic acid groups (broad SMARTS) is 1. The van der Waals surface area contributed by atoms with Crippen molar-refractivity contribution in [3.8, 4) is 0 Å². The highest BCUT2D eigenvalue weighted by atomic mass is 79.9. The van der Waals surface area contributed by atoms with Gasteiger partial charge in [-0.25, -0.2) is 4.79 Å². The monoisotopic (exact) mass is 347 g/mol. The second kappa shape index (κ2) is 6.87. The first-order chi connectivity index (χ1) is 9.97. The molecule has 0 bridgehead atoms. The van der Waals surface area contributed by atoms with Gasteiger partial charge in [-0.15, -0.1) is 0 Å². The first-order valence-corrected chi connectivity index (χ1v) is 7.58. The van der Waals surface area contributed by atoms with E-state index in [1.54, 1.807) is 12.1 Å². The Hall–Kier alpha value is -1.65. The molecule has 0 heterocycles. The summed E-state index contributed by atoms with van der Waals surface area (Å²) in [5, 5.41) is 12.4. The molecule has 0 aliphatic carbocycles. The number of nitrogens with one attached hydrogen (secondary N) is 1. The zero-order valence-electron chi connectivity index (χ0n) is 12.1. The van der Waals surface area contributed by atoms with Crippen molar-refractivity contribution in [3.63, 3.8) is 0 Å². The maximum absolute atomic E-state index is 10.9. The van der Waals surface area contributed by atoms with Gasteiger partial charge in [0.1, 0.15) is 0 Å². The van der Waals surface area contributed by atoms with E-state index in [1.807, 2.05) is 6.07 Å². The molecule has 0 spiro atoms. The van der Waals surface area contributed by atoms with Crippen LogP contribution < -0.4 is 5.32 Å². The Balaban J connectivity index is 2.02. The molecular weight excluding hydrogens is 330 g/mol. The number of hydrogen-bond donors (Lipinski definition) is 2. The number of aryl methyl sites for hydroxylation is 1. The lowest BCUT2D eigenvalue weighted by Crippen LogP contribution is -2.18. The van der Waals surface area contributed by atoms with Crippen molar-refractivity contribution in [2.45, 2.75) is 26.4 Å². The molecule has 0 fully saturated rings. The Morgan fingerprint density at radius 3 is 2.48 bits per heavy atom. The van der Waals surface area contributed by atoms with E-state index in [1.165, 1.54) is 11.1 Å². The summed E-state index contributed by atoms with van der Waals surface area (Å²) >= 11 is 3.43. The van der Waals surface area contributed by atoms with Crippen LogP contribution in [0.2, 0.25) is 0 Å². The van der Waals surface area contributed by atoms with Crippen LogP contribution in [0.25, 0.3) is 0 Å². The van der Waals surface area contributed by atoms with Gasteiger partial charge in [-0.2, -0.15) is 0 Å². The number of hydrogen-bond acceptors (Lipinski definition) is 2. The van der Waals surface area contributed by atoms with E-state index >= 15 is 0 Å². The summed E-state index contributed by atoms with van der Waals surface area (Å²) in [6.45, 7) is 4.86. The Kier molecular flexibility index (Phi) is 5.15. The number of halogens is 1. The first-order valence-electron chi connectivity index (χ1n) is 6.79. The molecule has 2 aromatic carbocycles. The number of carbonyl (C=O) groups is 1. The molecule has 2 N–H and O–H groups in total. The van der Waals surface area contributed by atoms with E-state index in [2.05, 4.69) is 59.4 Å². The second-order valence-corrected chi connectivity index (χ2v) is 5.98. The lowest BCUT2D eigenvalue weighted by Gasteiger charge is -2.15. The van der Waals surface area contributed by atoms with Gasteiger partial charge in [0.25, 0.3) is 0 Å². The second-order valence-electron chi connectivity index (χ2n) is 5.12. The van der Waals surface area contributed by atoms with Crippen molar-refractivity contribution in [1.82, 2.24) is 5.32 Å². The van der Waals surface area contributed by atoms with E-state index in [0.29, 0.717) is 6.54 Å². The molecule has 3 nitrogen and oxygen atoms in total. The summed E-state index contributed by atoms with van der Waals surface area (Å²) in [6.07, 6.45) is 0. The van der Waals surface area contributed by atoms with Crippen LogP contribution in [-0.2, 0) is 6.54 Å². The fourth-order valence-corrected chi connectivity index (χ4v) is 2.58. The molecule has 1 atom stereocenters. The minimum absolute atomic E-state index is 0.233. The smallest absolute Gasteiger partial charge is 0.335 e. The predicted molar refractivity (Wildman–Crippen MR) is 87.5 cm³/mol. The molecule has 2 aromatic rings. The molecule has 2 rings (SSSR count). The Bertz CT molecular complexity index is 638. The summed E-state index contributed by atoms with van der Waals surface area (Å²) in [6, 6.07) is 13.8. The van der Waals surface area contributed by atoms with E-state index in [4.69, 9.17) is 5.11 Å². The van der Waals surface area contributed by atoms with Crippen LogP contribution in [0.4, 0.5) is 0 Å². The lowest BCUT2D eigenvalue weighted by molar-refractivity contribution is 0.0697. The van der Waals surface area contributed by atoms with Crippen LogP contribution in [0.5, 0.6) is 0 Å². The molecule has 0 amide bonds. The zero-order valence-corrected chi connectivity index (χ0v) is 13.6. The van der Waals surface area contributed by atoms with Gasteiger partial charge in [-0.1, -0.05) is 51.8 Å². The lowest BCUT2D eigenvalue weighted by atomic mass is 10.1. The van der Waals surface area contributed by atoms with Crippen LogP contribution in [0.3, 0.4) is 0 Å². The van der Waals surface area contributed by atoms with Crippen molar-refractivity contribution in [2.75, 3.05) is 0 Å². The van der Waals surface area contributed by atoms with Gasteiger partial charge in [-0.3, -0.25) is 0 Å². The van der Waals surface area contributed by atoms with E-state index < -0.39 is 5.97 Å². The highest BCUT2D eigenvalue weighted by Crippen LogP contribution is 2.20. The van der Waals surface area contributed by atoms with Crippen molar-refractivity contribution < 1.29 is 9.90 Å². The SMILES string of the molecule is Cc1ccc([C@H](C)NCc2ccc(C(=O)O)cc2Br)cc1. The van der Waals surface area contributed by atoms with Crippen LogP contribution in [0.15, 0.2) is 46.9 Å². The molecular formula is C17H18BrNO2. The maximum Gasteiger partial charge on any atom is 0.335 e. The van der Waals surface area contributed by atoms with Crippen molar-refractivity contribution in [3.05, 3.63) is 69.2 Å². The van der Waals surface area contributed by atoms with Crippen LogP contribution >= 0.6 is 15.9 Å². The Labute approximate surface area is 133 Å². The molecule has 0 radical (unpaired) electrons. The molecule has 21 heavy (non-hydrogen) atoms. The predicted octanol–water partition coefficient (Wildman–Crippen LogP) is 4.31. The minimum atomic E-state index is -0.914. The van der Waals surface area contributed by atoms with Crippen molar-refractivity contribution >= 4 is 21.9 Å². The average molecular weight is 348 g/mol. The van der Waals surface area contributed by atoms with Gasteiger partial charge in [0.05, 0.1) is 5.56 Å². The zero-order chi connectivity index (χ0) is 15.4. The van der Waals surface area contributed by atoms with Gasteiger partial charge in [0.15, 0.2) is 0 Å².